The molecule has 3 rings (SSSR count). The third kappa shape index (κ3) is 3.01. The standard InChI is InChI=1S/C17H10Cl2F3N3O3/c1-2-16(26,17(20,21)22)15-10-5-3-4-6-13(10)24(23-15)14-11(18)7-9(25(27)28)8-12(14)19/h2-8,26H,1H2. The van der Waals surface area contributed by atoms with Crippen molar-refractivity contribution in [1.29, 1.82) is 0 Å². The summed E-state index contributed by atoms with van der Waals surface area (Å²) in [5.74, 6) is 0. The molecule has 0 aliphatic rings. The largest absolute Gasteiger partial charge is 0.426 e. The van der Waals surface area contributed by atoms with Crippen LogP contribution in [0.15, 0.2) is 49.1 Å². The molecule has 0 fully saturated rings. The monoisotopic (exact) mass is 431 g/mol. The summed E-state index contributed by atoms with van der Waals surface area (Å²) in [7, 11) is 0. The van der Waals surface area contributed by atoms with Crippen LogP contribution in [0.5, 0.6) is 0 Å². The first kappa shape index (κ1) is 20.1. The number of nitro groups is 1. The van der Waals surface area contributed by atoms with Crippen LogP contribution in [0, 0.1) is 10.1 Å². The molecule has 1 atom stereocenters. The molecule has 0 bridgehead atoms. The van der Waals surface area contributed by atoms with E-state index in [9.17, 15) is 28.4 Å². The van der Waals surface area contributed by atoms with E-state index in [1.54, 1.807) is 0 Å². The third-order valence-corrected chi connectivity index (χ3v) is 4.68. The topological polar surface area (TPSA) is 81.2 Å². The molecule has 1 N–H and O–H groups in total. The smallest absolute Gasteiger partial charge is 0.371 e. The van der Waals surface area contributed by atoms with Crippen LogP contribution < -0.4 is 0 Å². The molecule has 1 heterocycles. The minimum Gasteiger partial charge on any atom is -0.371 e. The Morgan fingerprint density at radius 1 is 1.21 bits per heavy atom. The molecule has 0 saturated carbocycles. The molecule has 0 radical (unpaired) electrons. The zero-order chi connectivity index (χ0) is 20.9. The summed E-state index contributed by atoms with van der Waals surface area (Å²) < 4.78 is 41.6. The number of non-ortho nitro benzene ring substituents is 1. The molecule has 28 heavy (non-hydrogen) atoms. The number of hydrogen-bond donors (Lipinski definition) is 1. The van der Waals surface area contributed by atoms with Gasteiger partial charge in [-0.25, -0.2) is 4.68 Å². The molecular formula is C17H10Cl2F3N3O3. The first-order valence-electron chi connectivity index (χ1n) is 7.56. The van der Waals surface area contributed by atoms with Gasteiger partial charge in [-0.05, 0) is 12.1 Å². The van der Waals surface area contributed by atoms with E-state index in [0.717, 1.165) is 16.8 Å². The number of aromatic nitrogens is 2. The zero-order valence-electron chi connectivity index (χ0n) is 13.7. The molecule has 146 valence electrons. The van der Waals surface area contributed by atoms with Crippen molar-refractivity contribution in [3.8, 4) is 5.69 Å². The maximum atomic E-state index is 13.5. The van der Waals surface area contributed by atoms with Gasteiger partial charge in [0.25, 0.3) is 5.69 Å². The number of nitro benzene ring substituents is 1. The molecule has 1 unspecified atom stereocenters. The van der Waals surface area contributed by atoms with Crippen molar-refractivity contribution in [3.05, 3.63) is 74.9 Å². The quantitative estimate of drug-likeness (QED) is 0.350. The third-order valence-electron chi connectivity index (χ3n) is 4.10. The highest BCUT2D eigenvalue weighted by molar-refractivity contribution is 6.38. The lowest BCUT2D eigenvalue weighted by Crippen LogP contribution is -2.40. The van der Waals surface area contributed by atoms with E-state index >= 15 is 0 Å². The van der Waals surface area contributed by atoms with Gasteiger partial charge in [0.2, 0.25) is 5.60 Å². The predicted molar refractivity (Wildman–Crippen MR) is 97.9 cm³/mol. The number of para-hydroxylation sites is 1. The van der Waals surface area contributed by atoms with E-state index in [-0.39, 0.29) is 26.6 Å². The van der Waals surface area contributed by atoms with Crippen LogP contribution in [0.4, 0.5) is 18.9 Å². The van der Waals surface area contributed by atoms with Crippen molar-refractivity contribution in [2.75, 3.05) is 0 Å². The SMILES string of the molecule is C=CC(O)(c1nn(-c2c(Cl)cc([N+](=O)[O-])cc2Cl)c2ccccc12)C(F)(F)F. The number of hydrogen-bond acceptors (Lipinski definition) is 4. The highest BCUT2D eigenvalue weighted by atomic mass is 35.5. The van der Waals surface area contributed by atoms with Crippen LogP contribution in [0.3, 0.4) is 0 Å². The van der Waals surface area contributed by atoms with Gasteiger partial charge in [-0.2, -0.15) is 18.3 Å². The van der Waals surface area contributed by atoms with Crippen molar-refractivity contribution in [2.24, 2.45) is 0 Å². The highest BCUT2D eigenvalue weighted by Crippen LogP contribution is 2.43. The molecule has 0 spiro atoms. The minimum atomic E-state index is -5.10. The summed E-state index contributed by atoms with van der Waals surface area (Å²) in [6.45, 7) is 3.08. The van der Waals surface area contributed by atoms with E-state index in [1.807, 2.05) is 0 Å². The molecule has 2 aromatic carbocycles. The van der Waals surface area contributed by atoms with Crippen molar-refractivity contribution in [2.45, 2.75) is 11.8 Å². The summed E-state index contributed by atoms with van der Waals surface area (Å²) in [5, 5.41) is 24.7. The molecule has 6 nitrogen and oxygen atoms in total. The zero-order valence-corrected chi connectivity index (χ0v) is 15.3. The Balaban J connectivity index is 2.38. The molecule has 0 saturated heterocycles. The van der Waals surface area contributed by atoms with Crippen molar-refractivity contribution in [3.63, 3.8) is 0 Å². The second-order valence-corrected chi connectivity index (χ2v) is 6.58. The lowest BCUT2D eigenvalue weighted by atomic mass is 9.96. The Bertz CT molecular complexity index is 1090. The lowest BCUT2D eigenvalue weighted by Gasteiger charge is -2.25. The van der Waals surface area contributed by atoms with Gasteiger partial charge in [0, 0.05) is 17.5 Å². The normalized spacial score (nSPS) is 14.1. The fraction of sp³-hybridized carbons (Fsp3) is 0.118. The van der Waals surface area contributed by atoms with Gasteiger partial charge in [-0.1, -0.05) is 48.0 Å². The van der Waals surface area contributed by atoms with Gasteiger partial charge < -0.3 is 5.11 Å². The van der Waals surface area contributed by atoms with Crippen LogP contribution in [0.25, 0.3) is 16.6 Å². The lowest BCUT2D eigenvalue weighted by molar-refractivity contribution is -0.384. The van der Waals surface area contributed by atoms with Gasteiger partial charge in [0.15, 0.2) is 0 Å². The molecule has 0 aliphatic carbocycles. The van der Waals surface area contributed by atoms with Crippen LogP contribution >= 0.6 is 23.2 Å². The van der Waals surface area contributed by atoms with E-state index in [1.165, 1.54) is 24.3 Å². The van der Waals surface area contributed by atoms with Crippen LogP contribution in [0.1, 0.15) is 5.69 Å². The molecular weight excluding hydrogens is 422 g/mol. The van der Waals surface area contributed by atoms with Gasteiger partial charge >= 0.3 is 6.18 Å². The summed E-state index contributed by atoms with van der Waals surface area (Å²) in [6.07, 6.45) is -4.76. The second kappa shape index (κ2) is 6.77. The van der Waals surface area contributed by atoms with Crippen molar-refractivity contribution >= 4 is 39.8 Å². The highest BCUT2D eigenvalue weighted by Gasteiger charge is 2.55. The predicted octanol–water partition coefficient (Wildman–Crippen LogP) is 5.18. The van der Waals surface area contributed by atoms with E-state index in [0.29, 0.717) is 6.08 Å². The number of nitrogens with zero attached hydrogens (tertiary/aromatic N) is 3. The van der Waals surface area contributed by atoms with Crippen LogP contribution in [0.2, 0.25) is 10.0 Å². The summed E-state index contributed by atoms with van der Waals surface area (Å²) in [4.78, 5) is 10.2. The van der Waals surface area contributed by atoms with Gasteiger partial charge in [-0.3, -0.25) is 10.1 Å². The molecule has 0 aliphatic heterocycles. The number of fused-ring (bicyclic) bond motifs is 1. The summed E-state index contributed by atoms with van der Waals surface area (Å²) in [5.41, 5.74) is -4.47. The minimum absolute atomic E-state index is 0.0206. The Morgan fingerprint density at radius 2 is 1.79 bits per heavy atom. The van der Waals surface area contributed by atoms with Crippen molar-refractivity contribution in [1.82, 2.24) is 9.78 Å². The molecule has 11 heteroatoms. The van der Waals surface area contributed by atoms with E-state index in [4.69, 9.17) is 23.2 Å². The number of alkyl halides is 3. The average molecular weight is 432 g/mol. The fourth-order valence-electron chi connectivity index (χ4n) is 2.72. The van der Waals surface area contributed by atoms with E-state index < -0.39 is 28.1 Å². The maximum absolute atomic E-state index is 13.5. The summed E-state index contributed by atoms with van der Waals surface area (Å²) >= 11 is 12.2. The van der Waals surface area contributed by atoms with Gasteiger partial charge in [0.05, 0.1) is 20.5 Å². The van der Waals surface area contributed by atoms with Crippen molar-refractivity contribution < 1.29 is 23.2 Å². The molecule has 0 amide bonds. The molecule has 3 aromatic rings. The Morgan fingerprint density at radius 3 is 2.29 bits per heavy atom. The number of rotatable bonds is 4. The molecule has 1 aromatic heterocycles. The second-order valence-electron chi connectivity index (χ2n) is 5.76. The number of benzene rings is 2. The Kier molecular flexibility index (Phi) is 4.86. The number of aliphatic hydroxyl groups is 1. The van der Waals surface area contributed by atoms with E-state index in [2.05, 4.69) is 11.7 Å². The van der Waals surface area contributed by atoms with Gasteiger partial charge in [-0.15, -0.1) is 0 Å². The van der Waals surface area contributed by atoms with Crippen LogP contribution in [-0.2, 0) is 5.60 Å². The van der Waals surface area contributed by atoms with Crippen LogP contribution in [-0.4, -0.2) is 26.0 Å². The average Bonchev–Trinajstić information content (AvgIpc) is 2.99. The number of halogens is 5. The van der Waals surface area contributed by atoms with Gasteiger partial charge in [0.1, 0.15) is 11.4 Å². The summed E-state index contributed by atoms with van der Waals surface area (Å²) in [6, 6.07) is 7.79. The fourth-order valence-corrected chi connectivity index (χ4v) is 3.36. The first-order chi connectivity index (χ1) is 13.0. The Hall–Kier alpha value is -2.62. The maximum Gasteiger partial charge on any atom is 0.426 e. The Labute approximate surface area is 165 Å². The first-order valence-corrected chi connectivity index (χ1v) is 8.31.